The molecule has 0 N–H and O–H groups in total. The van der Waals surface area contributed by atoms with Crippen LogP contribution in [0.15, 0.2) is 60.9 Å². The molecule has 0 aliphatic heterocycles. The Balaban J connectivity index is 1.54. The minimum Gasteiger partial charge on any atom is -0.497 e. The minimum absolute atomic E-state index is 0.0190. The highest BCUT2D eigenvalue weighted by Crippen LogP contribution is 2.27. The van der Waals surface area contributed by atoms with Crippen LogP contribution in [0, 0.1) is 0 Å². The number of benzene rings is 2. The fourth-order valence-electron chi connectivity index (χ4n) is 4.05. The summed E-state index contributed by atoms with van der Waals surface area (Å²) in [6, 6.07) is 10.2. The van der Waals surface area contributed by atoms with Crippen LogP contribution < -0.4 is 19.1 Å². The lowest BCUT2D eigenvalue weighted by Crippen LogP contribution is -2.19. The Morgan fingerprint density at radius 2 is 1.15 bits per heavy atom. The van der Waals surface area contributed by atoms with Gasteiger partial charge in [-0.15, -0.1) is 0 Å². The maximum Gasteiger partial charge on any atom is 0.356 e. The lowest BCUT2D eigenvalue weighted by atomic mass is 10.1. The Bertz CT molecular complexity index is 1590. The average molecular weight is 553 g/mol. The zero-order chi connectivity index (χ0) is 32.4. The molecule has 0 aliphatic carbocycles. The molecule has 0 fully saturated rings. The fraction of sp³-hybridized carbons (Fsp3) is 0.333. The highest BCUT2D eigenvalue weighted by molar-refractivity contribution is 5.93. The molecule has 212 valence electrons. The normalized spacial score (nSPS) is 13.9. The third-order valence-corrected chi connectivity index (χ3v) is 6.02. The molecule has 0 bridgehead atoms. The van der Waals surface area contributed by atoms with Crippen molar-refractivity contribution in [2.75, 3.05) is 55.4 Å². The molecular weight excluding hydrogens is 512 g/mol. The van der Waals surface area contributed by atoms with Crippen molar-refractivity contribution in [3.63, 3.8) is 0 Å². The molecule has 10 heteroatoms. The Kier molecular flexibility index (Phi) is 7.50. The maximum absolute atomic E-state index is 12.7. The number of nitrogens with zero attached hydrogens (tertiary/aromatic N) is 4. The molecule has 0 spiro atoms. The number of methoxy groups -OCH3 is 2. The van der Waals surface area contributed by atoms with E-state index in [-0.39, 0.29) is 12.8 Å². The Hall–Kier alpha value is -4.28. The number of carbonyl (C=O) groups excluding carboxylic acids is 2. The van der Waals surface area contributed by atoms with E-state index >= 15 is 0 Å². The van der Waals surface area contributed by atoms with Crippen molar-refractivity contribution in [1.29, 1.82) is 0 Å². The van der Waals surface area contributed by atoms with Crippen LogP contribution in [0.5, 0.6) is 11.5 Å². The molecule has 0 aliphatic rings. The number of fused-ring (bicyclic) bond motifs is 2. The van der Waals surface area contributed by atoms with Crippen LogP contribution >= 0.6 is 0 Å². The summed E-state index contributed by atoms with van der Waals surface area (Å²) in [6.45, 7) is -3.34. The van der Waals surface area contributed by atoms with Crippen molar-refractivity contribution in [3.05, 3.63) is 72.1 Å². The molecule has 0 saturated heterocycles. The molecule has 4 rings (SSSR count). The maximum atomic E-state index is 12.7. The van der Waals surface area contributed by atoms with Crippen molar-refractivity contribution in [2.24, 2.45) is 0 Å². The summed E-state index contributed by atoms with van der Waals surface area (Å²) >= 11 is 0. The average Bonchev–Trinajstić information content (AvgIpc) is 3.46. The van der Waals surface area contributed by atoms with E-state index in [0.717, 1.165) is 12.2 Å². The van der Waals surface area contributed by atoms with Gasteiger partial charge in [-0.1, -0.05) is 0 Å². The van der Waals surface area contributed by atoms with Crippen LogP contribution in [0.4, 0.5) is 0 Å². The van der Waals surface area contributed by atoms with Gasteiger partial charge in [-0.05, 0) is 88.6 Å². The molecule has 0 atom stereocenters. The Labute approximate surface area is 239 Å². The molecule has 0 unspecified atom stereocenters. The smallest absolute Gasteiger partial charge is 0.356 e. The van der Waals surface area contributed by atoms with Gasteiger partial charge >= 0.3 is 11.9 Å². The molecule has 2 aromatic carbocycles. The number of aryl methyl sites for hydroxylation is 2. The molecule has 0 amide bonds. The first-order valence-electron chi connectivity index (χ1n) is 14.5. The van der Waals surface area contributed by atoms with E-state index in [4.69, 9.17) is 24.6 Å². The molecule has 2 aromatic heterocycles. The first-order chi connectivity index (χ1) is 20.6. The number of carbonyl (C=O) groups is 2. The van der Waals surface area contributed by atoms with Gasteiger partial charge in [0, 0.05) is 53.8 Å². The van der Waals surface area contributed by atoms with Gasteiger partial charge in [-0.3, -0.25) is 0 Å². The van der Waals surface area contributed by atoms with E-state index in [1.54, 1.807) is 64.6 Å². The van der Waals surface area contributed by atoms with Crippen molar-refractivity contribution in [3.8, 4) is 11.5 Å². The van der Waals surface area contributed by atoms with Gasteiger partial charge in [0.2, 0.25) is 0 Å². The van der Waals surface area contributed by atoms with Crippen LogP contribution in [-0.4, -0.2) is 86.6 Å². The summed E-state index contributed by atoms with van der Waals surface area (Å²) in [6.07, 6.45) is 4.96. The van der Waals surface area contributed by atoms with E-state index in [1.165, 1.54) is 45.9 Å². The first-order valence-corrected chi connectivity index (χ1v) is 12.5. The summed E-state index contributed by atoms with van der Waals surface area (Å²) in [5, 5.41) is 1.30. The van der Waals surface area contributed by atoms with E-state index in [2.05, 4.69) is 0 Å². The molecule has 2 heterocycles. The van der Waals surface area contributed by atoms with Crippen LogP contribution in [-0.2, 0) is 22.4 Å². The number of aromatic nitrogens is 2. The van der Waals surface area contributed by atoms with Crippen molar-refractivity contribution in [2.45, 2.75) is 12.8 Å². The molecule has 4 aromatic rings. The van der Waals surface area contributed by atoms with Gasteiger partial charge in [-0.2, -0.15) is 9.46 Å². The van der Waals surface area contributed by atoms with Crippen molar-refractivity contribution in [1.82, 2.24) is 19.3 Å². The predicted molar refractivity (Wildman–Crippen MR) is 154 cm³/mol. The quantitative estimate of drug-likeness (QED) is 0.248. The standard InChI is InChI=1S/C30H36N4O6/c1-31(2)15-13-21-19-33(27-9-7-23(37-5)17-25(21)27)39-29(35)11-12-30(36)40-34-20-22(14-16-32(3)4)26-18-24(38-6)8-10-28(26)34/h7-12,17-20H,13-16H2,1-6H3/b12-11+/i15D2,16D2. The van der Waals surface area contributed by atoms with Crippen LogP contribution in [0.2, 0.25) is 0 Å². The lowest BCUT2D eigenvalue weighted by molar-refractivity contribution is -0.140. The van der Waals surface area contributed by atoms with Gasteiger partial charge in [0.1, 0.15) is 11.5 Å². The number of likely N-dealkylation sites (N-methyl/N-ethyl adjacent to an activating group) is 2. The largest absolute Gasteiger partial charge is 0.497 e. The van der Waals surface area contributed by atoms with Crippen LogP contribution in [0.3, 0.4) is 0 Å². The second-order valence-electron chi connectivity index (χ2n) is 9.34. The van der Waals surface area contributed by atoms with Crippen LogP contribution in [0.25, 0.3) is 21.8 Å². The molecule has 10 nitrogen and oxygen atoms in total. The van der Waals surface area contributed by atoms with Gasteiger partial charge < -0.3 is 28.9 Å². The summed E-state index contributed by atoms with van der Waals surface area (Å²) in [7, 11) is 9.60. The van der Waals surface area contributed by atoms with E-state index in [9.17, 15) is 9.59 Å². The molecule has 0 radical (unpaired) electrons. The van der Waals surface area contributed by atoms with Gasteiger partial charge in [-0.25, -0.2) is 9.59 Å². The van der Waals surface area contributed by atoms with Gasteiger partial charge in [0.25, 0.3) is 0 Å². The monoisotopic (exact) mass is 552 g/mol. The van der Waals surface area contributed by atoms with Crippen molar-refractivity contribution >= 4 is 33.7 Å². The summed E-state index contributed by atoms with van der Waals surface area (Å²) in [5.41, 5.74) is 2.22. The second-order valence-corrected chi connectivity index (χ2v) is 9.34. The molecular formula is C30H36N4O6. The summed E-state index contributed by atoms with van der Waals surface area (Å²) in [5.74, 6) is -0.599. The minimum atomic E-state index is -1.67. The van der Waals surface area contributed by atoms with E-state index in [1.807, 2.05) is 0 Å². The Morgan fingerprint density at radius 1 is 0.750 bits per heavy atom. The third-order valence-electron chi connectivity index (χ3n) is 6.02. The molecule has 0 saturated carbocycles. The zero-order valence-electron chi connectivity index (χ0n) is 27.4. The van der Waals surface area contributed by atoms with Crippen molar-refractivity contribution < 1.29 is 34.2 Å². The van der Waals surface area contributed by atoms with Crippen LogP contribution in [0.1, 0.15) is 16.6 Å². The first kappa shape index (κ1) is 23.6. The zero-order valence-corrected chi connectivity index (χ0v) is 23.4. The lowest BCUT2D eigenvalue weighted by Gasteiger charge is -2.08. The SMILES string of the molecule is [2H]C([2H])(Cc1cn(OC(=O)/C=C/C(=O)On2cc(CC([2H])([2H])N(C)C)c3cc(OC)ccc32)c2ccc(OC)cc12)N(C)C. The number of hydrogen-bond donors (Lipinski definition) is 0. The Morgan fingerprint density at radius 3 is 1.50 bits per heavy atom. The topological polar surface area (TPSA) is 87.4 Å². The highest BCUT2D eigenvalue weighted by atomic mass is 16.7. The second kappa shape index (κ2) is 12.7. The van der Waals surface area contributed by atoms with E-state index < -0.39 is 24.9 Å². The van der Waals surface area contributed by atoms with Gasteiger partial charge in [0.15, 0.2) is 0 Å². The summed E-state index contributed by atoms with van der Waals surface area (Å²) < 4.78 is 46.4. The highest BCUT2D eigenvalue weighted by Gasteiger charge is 2.15. The molecule has 40 heavy (non-hydrogen) atoms. The third kappa shape index (κ3) is 6.83. The number of rotatable bonds is 12. The predicted octanol–water partition coefficient (Wildman–Crippen LogP) is 2.99. The fourth-order valence-corrected chi connectivity index (χ4v) is 4.05. The number of hydrogen-bond acceptors (Lipinski definition) is 8. The number of ether oxygens (including phenoxy) is 2. The van der Waals surface area contributed by atoms with E-state index in [0.29, 0.717) is 44.4 Å². The summed E-state index contributed by atoms with van der Waals surface area (Å²) in [4.78, 5) is 39.3. The van der Waals surface area contributed by atoms with Gasteiger partial charge in [0.05, 0.1) is 25.3 Å².